The Labute approximate surface area is 158 Å². The molecule has 2 aromatic rings. The van der Waals surface area contributed by atoms with Crippen LogP contribution in [0.4, 0.5) is 0 Å². The summed E-state index contributed by atoms with van der Waals surface area (Å²) in [7, 11) is 0. The Morgan fingerprint density at radius 2 is 1.93 bits per heavy atom. The van der Waals surface area contributed by atoms with E-state index >= 15 is 0 Å². The van der Waals surface area contributed by atoms with E-state index in [4.69, 9.17) is 9.47 Å². The monoisotopic (exact) mass is 368 g/mol. The molecule has 142 valence electrons. The first-order valence-corrected chi connectivity index (χ1v) is 9.53. The number of pyridine rings is 1. The molecule has 1 aliphatic carbocycles. The van der Waals surface area contributed by atoms with Crippen molar-refractivity contribution in [2.24, 2.45) is 0 Å². The van der Waals surface area contributed by atoms with Crippen LogP contribution in [0.15, 0.2) is 24.3 Å². The molecule has 1 aromatic carbocycles. The van der Waals surface area contributed by atoms with E-state index in [-0.39, 0.29) is 24.7 Å². The van der Waals surface area contributed by atoms with E-state index in [1.54, 1.807) is 4.90 Å². The number of hydrogen-bond acceptors (Lipinski definition) is 5. The fraction of sp³-hybridized carbons (Fsp3) is 0.476. The van der Waals surface area contributed by atoms with Gasteiger partial charge in [-0.15, -0.1) is 0 Å². The van der Waals surface area contributed by atoms with Crippen molar-refractivity contribution in [3.05, 3.63) is 41.1 Å². The normalized spacial score (nSPS) is 21.9. The van der Waals surface area contributed by atoms with Crippen LogP contribution in [0.5, 0.6) is 0 Å². The van der Waals surface area contributed by atoms with Crippen molar-refractivity contribution in [1.82, 2.24) is 9.88 Å². The van der Waals surface area contributed by atoms with Crippen LogP contribution in [-0.2, 0) is 27.1 Å². The third-order valence-electron chi connectivity index (χ3n) is 5.22. The minimum absolute atomic E-state index is 0.0131. The lowest BCUT2D eigenvalue weighted by Gasteiger charge is -2.35. The molecule has 0 saturated carbocycles. The van der Waals surface area contributed by atoms with E-state index in [0.717, 1.165) is 41.4 Å². The van der Waals surface area contributed by atoms with Gasteiger partial charge in [0.25, 0.3) is 5.91 Å². The average molecular weight is 368 g/mol. The van der Waals surface area contributed by atoms with Gasteiger partial charge >= 0.3 is 5.97 Å². The number of ether oxygens (including phenoxy) is 2. The molecule has 4 rings (SSSR count). The van der Waals surface area contributed by atoms with Crippen LogP contribution in [0, 0.1) is 0 Å². The van der Waals surface area contributed by atoms with Crippen LogP contribution < -0.4 is 0 Å². The van der Waals surface area contributed by atoms with E-state index in [1.807, 2.05) is 38.1 Å². The molecular formula is C21H24N2O4. The molecule has 1 fully saturated rings. The van der Waals surface area contributed by atoms with Gasteiger partial charge < -0.3 is 14.4 Å². The van der Waals surface area contributed by atoms with Crippen LogP contribution in [-0.4, -0.2) is 53.7 Å². The maximum atomic E-state index is 12.9. The highest BCUT2D eigenvalue weighted by Gasteiger charge is 2.28. The van der Waals surface area contributed by atoms with Gasteiger partial charge in [-0.2, -0.15) is 0 Å². The maximum Gasteiger partial charge on any atom is 0.339 e. The Morgan fingerprint density at radius 3 is 2.70 bits per heavy atom. The molecule has 6 heteroatoms. The lowest BCUT2D eigenvalue weighted by Crippen LogP contribution is -2.49. The van der Waals surface area contributed by atoms with Gasteiger partial charge in [0.2, 0.25) is 0 Å². The first-order chi connectivity index (χ1) is 13.0. The van der Waals surface area contributed by atoms with Crippen molar-refractivity contribution in [2.45, 2.75) is 45.3 Å². The number of nitrogens with zero attached hydrogens (tertiary/aromatic N) is 2. The minimum Gasteiger partial charge on any atom is -0.452 e. The number of fused-ring (bicyclic) bond motifs is 2. The average Bonchev–Trinajstić information content (AvgIpc) is 3.10. The summed E-state index contributed by atoms with van der Waals surface area (Å²) in [4.78, 5) is 31.8. The molecule has 6 nitrogen and oxygen atoms in total. The van der Waals surface area contributed by atoms with Crippen LogP contribution >= 0.6 is 0 Å². The van der Waals surface area contributed by atoms with Gasteiger partial charge in [0.05, 0.1) is 23.3 Å². The first kappa shape index (κ1) is 17.9. The first-order valence-electron chi connectivity index (χ1n) is 9.53. The molecule has 2 heterocycles. The number of rotatable bonds is 3. The van der Waals surface area contributed by atoms with Gasteiger partial charge in [0.1, 0.15) is 0 Å². The van der Waals surface area contributed by atoms with Crippen molar-refractivity contribution in [3.63, 3.8) is 0 Å². The van der Waals surface area contributed by atoms with E-state index in [9.17, 15) is 9.59 Å². The molecule has 1 aliphatic heterocycles. The Hall–Kier alpha value is -2.47. The minimum atomic E-state index is -0.436. The second-order valence-electron chi connectivity index (χ2n) is 7.41. The molecule has 2 aliphatic rings. The molecule has 0 N–H and O–H groups in total. The van der Waals surface area contributed by atoms with E-state index < -0.39 is 5.97 Å². The fourth-order valence-corrected chi connectivity index (χ4v) is 4.12. The molecule has 2 atom stereocenters. The van der Waals surface area contributed by atoms with Crippen LogP contribution in [0.25, 0.3) is 10.9 Å². The number of benzene rings is 1. The number of carbonyl (C=O) groups is 2. The number of aryl methyl sites for hydroxylation is 1. The summed E-state index contributed by atoms with van der Waals surface area (Å²) in [6, 6.07) is 7.61. The lowest BCUT2D eigenvalue weighted by atomic mass is 10.0. The highest BCUT2D eigenvalue weighted by Crippen LogP contribution is 2.30. The van der Waals surface area contributed by atoms with E-state index in [2.05, 4.69) is 4.98 Å². The number of morpholine rings is 1. The lowest BCUT2D eigenvalue weighted by molar-refractivity contribution is -0.146. The largest absolute Gasteiger partial charge is 0.452 e. The molecule has 1 saturated heterocycles. The number of hydrogen-bond donors (Lipinski definition) is 0. The van der Waals surface area contributed by atoms with Gasteiger partial charge in [-0.25, -0.2) is 4.79 Å². The van der Waals surface area contributed by atoms with Crippen molar-refractivity contribution in [3.8, 4) is 0 Å². The second kappa shape index (κ2) is 7.27. The van der Waals surface area contributed by atoms with Gasteiger partial charge in [-0.3, -0.25) is 9.78 Å². The number of para-hydroxylation sites is 1. The summed E-state index contributed by atoms with van der Waals surface area (Å²) in [5.41, 5.74) is 3.32. The Bertz CT molecular complexity index is 885. The summed E-state index contributed by atoms with van der Waals surface area (Å²) in [5.74, 6) is -0.616. The number of aromatic nitrogens is 1. The Kier molecular flexibility index (Phi) is 4.83. The van der Waals surface area contributed by atoms with Crippen molar-refractivity contribution in [1.29, 1.82) is 0 Å². The summed E-state index contributed by atoms with van der Waals surface area (Å²) in [5, 5.41) is 0.796. The molecule has 1 aromatic heterocycles. The predicted molar refractivity (Wildman–Crippen MR) is 101 cm³/mol. The van der Waals surface area contributed by atoms with Crippen molar-refractivity contribution in [2.75, 3.05) is 19.7 Å². The Balaban J connectivity index is 1.53. The van der Waals surface area contributed by atoms with Crippen molar-refractivity contribution < 1.29 is 19.1 Å². The molecule has 0 radical (unpaired) electrons. The summed E-state index contributed by atoms with van der Waals surface area (Å²) in [6.07, 6.45) is 2.66. The molecule has 0 unspecified atom stereocenters. The highest BCUT2D eigenvalue weighted by atomic mass is 16.5. The molecule has 0 spiro atoms. The van der Waals surface area contributed by atoms with Gasteiger partial charge in [0, 0.05) is 24.2 Å². The molecule has 27 heavy (non-hydrogen) atoms. The SMILES string of the molecule is C[C@@H]1CN(C(=O)COC(=O)c2c3c(nc4ccccc24)CCC3)C[C@H](C)O1. The quantitative estimate of drug-likeness (QED) is 0.779. The highest BCUT2D eigenvalue weighted by molar-refractivity contribution is 6.05. The molecule has 1 amide bonds. The van der Waals surface area contributed by atoms with Crippen LogP contribution in [0.2, 0.25) is 0 Å². The topological polar surface area (TPSA) is 68.7 Å². The number of esters is 1. The zero-order chi connectivity index (χ0) is 19.0. The summed E-state index contributed by atoms with van der Waals surface area (Å²) < 4.78 is 11.1. The van der Waals surface area contributed by atoms with E-state index in [1.165, 1.54) is 0 Å². The van der Waals surface area contributed by atoms with Gasteiger partial charge in [-0.1, -0.05) is 18.2 Å². The third-order valence-corrected chi connectivity index (χ3v) is 5.22. The number of amides is 1. The smallest absolute Gasteiger partial charge is 0.339 e. The Morgan fingerprint density at radius 1 is 1.19 bits per heavy atom. The standard InChI is InChI=1S/C21H24N2O4/c1-13-10-23(11-14(2)27-13)19(24)12-26-21(25)20-15-6-3-4-8-17(15)22-18-9-5-7-16(18)20/h3-4,6,8,13-14H,5,7,9-12H2,1-2H3/t13-,14+. The number of carbonyl (C=O) groups excluding carboxylic acids is 2. The second-order valence-corrected chi connectivity index (χ2v) is 7.41. The molecular weight excluding hydrogens is 344 g/mol. The van der Waals surface area contributed by atoms with E-state index in [0.29, 0.717) is 18.7 Å². The summed E-state index contributed by atoms with van der Waals surface area (Å²) in [6.45, 7) is 4.68. The predicted octanol–water partition coefficient (Wildman–Crippen LogP) is 2.52. The zero-order valence-electron chi connectivity index (χ0n) is 15.7. The van der Waals surface area contributed by atoms with Gasteiger partial charge in [-0.05, 0) is 44.7 Å². The fourth-order valence-electron chi connectivity index (χ4n) is 4.12. The zero-order valence-corrected chi connectivity index (χ0v) is 15.7. The summed E-state index contributed by atoms with van der Waals surface area (Å²) >= 11 is 0. The van der Waals surface area contributed by atoms with Crippen LogP contribution in [0.1, 0.15) is 41.9 Å². The van der Waals surface area contributed by atoms with Crippen molar-refractivity contribution >= 4 is 22.8 Å². The third kappa shape index (κ3) is 3.54. The van der Waals surface area contributed by atoms with Gasteiger partial charge in [0.15, 0.2) is 6.61 Å². The maximum absolute atomic E-state index is 12.9. The molecule has 0 bridgehead atoms. The van der Waals surface area contributed by atoms with Crippen LogP contribution in [0.3, 0.4) is 0 Å².